The molecule has 0 saturated heterocycles. The second-order valence-corrected chi connectivity index (χ2v) is 5.75. The van der Waals surface area contributed by atoms with Gasteiger partial charge in [0.2, 0.25) is 0 Å². The number of hydroxylamine groups is 1. The van der Waals surface area contributed by atoms with Gasteiger partial charge in [-0.25, -0.2) is 5.48 Å². The highest BCUT2D eigenvalue weighted by Gasteiger charge is 2.19. The monoisotopic (exact) mass is 338 g/mol. The molecule has 2 aromatic rings. The Balaban J connectivity index is 1.69. The highest BCUT2D eigenvalue weighted by atomic mass is 16.5. The standard InChI is InChI=1S/C19H18N2O4/c1-12(13-6-8-14(9-7-13)19(23)21-24)20-18(22)16-10-15-4-2-3-5-17(15)25-11-16/h2-10,12,24H,11H2,1H3,(H,20,22)(H,21,23). The molecule has 0 aliphatic carbocycles. The van der Waals surface area contributed by atoms with Crippen LogP contribution in [0.2, 0.25) is 0 Å². The van der Waals surface area contributed by atoms with Gasteiger partial charge in [-0.3, -0.25) is 14.8 Å². The number of ether oxygens (including phenoxy) is 1. The zero-order valence-corrected chi connectivity index (χ0v) is 13.7. The van der Waals surface area contributed by atoms with Gasteiger partial charge in [0.1, 0.15) is 12.4 Å². The minimum Gasteiger partial charge on any atom is -0.488 e. The maximum atomic E-state index is 12.5. The lowest BCUT2D eigenvalue weighted by atomic mass is 10.0. The van der Waals surface area contributed by atoms with Crippen LogP contribution < -0.4 is 15.5 Å². The van der Waals surface area contributed by atoms with E-state index in [1.807, 2.05) is 37.3 Å². The fraction of sp³-hybridized carbons (Fsp3) is 0.158. The Kier molecular flexibility index (Phi) is 4.81. The van der Waals surface area contributed by atoms with Crippen LogP contribution in [-0.4, -0.2) is 23.6 Å². The Bertz CT molecular complexity index is 828. The summed E-state index contributed by atoms with van der Waals surface area (Å²) in [5.41, 5.74) is 4.21. The van der Waals surface area contributed by atoms with E-state index in [2.05, 4.69) is 5.32 Å². The van der Waals surface area contributed by atoms with Gasteiger partial charge in [0, 0.05) is 11.1 Å². The van der Waals surface area contributed by atoms with Gasteiger partial charge in [0.05, 0.1) is 11.6 Å². The minimum absolute atomic E-state index is 0.195. The third-order valence-corrected chi connectivity index (χ3v) is 4.05. The molecule has 0 aromatic heterocycles. The largest absolute Gasteiger partial charge is 0.488 e. The fourth-order valence-electron chi connectivity index (χ4n) is 2.61. The molecule has 1 heterocycles. The van der Waals surface area contributed by atoms with Crippen molar-refractivity contribution in [2.75, 3.05) is 6.61 Å². The molecule has 2 amide bonds. The van der Waals surface area contributed by atoms with Crippen LogP contribution in [0.3, 0.4) is 0 Å². The molecule has 1 aliphatic rings. The maximum Gasteiger partial charge on any atom is 0.274 e. The first kappa shape index (κ1) is 16.7. The van der Waals surface area contributed by atoms with E-state index < -0.39 is 5.91 Å². The number of hydrogen-bond acceptors (Lipinski definition) is 4. The Labute approximate surface area is 145 Å². The van der Waals surface area contributed by atoms with Gasteiger partial charge in [0.15, 0.2) is 0 Å². The summed E-state index contributed by atoms with van der Waals surface area (Å²) >= 11 is 0. The third kappa shape index (κ3) is 3.70. The smallest absolute Gasteiger partial charge is 0.274 e. The Hall–Kier alpha value is -3.12. The first-order valence-corrected chi connectivity index (χ1v) is 7.86. The maximum absolute atomic E-state index is 12.5. The van der Waals surface area contributed by atoms with Crippen LogP contribution in [0.4, 0.5) is 0 Å². The van der Waals surface area contributed by atoms with Gasteiger partial charge in [-0.05, 0) is 36.8 Å². The van der Waals surface area contributed by atoms with E-state index >= 15 is 0 Å². The number of carbonyl (C=O) groups is 2. The summed E-state index contributed by atoms with van der Waals surface area (Å²) in [6, 6.07) is 14.0. The molecular weight excluding hydrogens is 320 g/mol. The number of para-hydroxylation sites is 1. The van der Waals surface area contributed by atoms with Gasteiger partial charge in [-0.15, -0.1) is 0 Å². The number of benzene rings is 2. The second kappa shape index (κ2) is 7.19. The van der Waals surface area contributed by atoms with E-state index in [1.165, 1.54) is 0 Å². The zero-order chi connectivity index (χ0) is 17.8. The molecule has 0 fully saturated rings. The molecule has 0 saturated carbocycles. The first-order chi connectivity index (χ1) is 12.1. The van der Waals surface area contributed by atoms with Crippen molar-refractivity contribution in [1.82, 2.24) is 10.8 Å². The number of rotatable bonds is 4. The third-order valence-electron chi connectivity index (χ3n) is 4.05. The first-order valence-electron chi connectivity index (χ1n) is 7.86. The van der Waals surface area contributed by atoms with Crippen molar-refractivity contribution < 1.29 is 19.5 Å². The molecule has 0 spiro atoms. The van der Waals surface area contributed by atoms with Crippen LogP contribution in [0, 0.1) is 0 Å². The topological polar surface area (TPSA) is 87.7 Å². The van der Waals surface area contributed by atoms with Crippen LogP contribution in [0.15, 0.2) is 54.1 Å². The van der Waals surface area contributed by atoms with E-state index in [-0.39, 0.29) is 18.6 Å². The van der Waals surface area contributed by atoms with E-state index in [9.17, 15) is 9.59 Å². The van der Waals surface area contributed by atoms with E-state index in [0.717, 1.165) is 16.9 Å². The summed E-state index contributed by atoms with van der Waals surface area (Å²) in [6.07, 6.45) is 1.83. The Morgan fingerprint density at radius 3 is 2.52 bits per heavy atom. The average molecular weight is 338 g/mol. The van der Waals surface area contributed by atoms with E-state index in [1.54, 1.807) is 29.7 Å². The highest BCUT2D eigenvalue weighted by Crippen LogP contribution is 2.26. The van der Waals surface area contributed by atoms with Crippen molar-refractivity contribution >= 4 is 17.9 Å². The number of fused-ring (bicyclic) bond motifs is 1. The summed E-state index contributed by atoms with van der Waals surface area (Å²) in [5.74, 6) is -0.00422. The van der Waals surface area contributed by atoms with E-state index in [4.69, 9.17) is 9.94 Å². The molecule has 6 nitrogen and oxygen atoms in total. The average Bonchev–Trinajstić information content (AvgIpc) is 2.67. The second-order valence-electron chi connectivity index (χ2n) is 5.75. The lowest BCUT2D eigenvalue weighted by molar-refractivity contribution is -0.118. The highest BCUT2D eigenvalue weighted by molar-refractivity contribution is 5.99. The summed E-state index contributed by atoms with van der Waals surface area (Å²) in [6.45, 7) is 2.09. The lowest BCUT2D eigenvalue weighted by Gasteiger charge is -2.20. The molecule has 1 unspecified atom stereocenters. The number of nitrogens with one attached hydrogen (secondary N) is 2. The van der Waals surface area contributed by atoms with Gasteiger partial charge >= 0.3 is 0 Å². The lowest BCUT2D eigenvalue weighted by Crippen LogP contribution is -2.31. The predicted octanol–water partition coefficient (Wildman–Crippen LogP) is 2.46. The van der Waals surface area contributed by atoms with Crippen molar-refractivity contribution in [3.8, 4) is 5.75 Å². The summed E-state index contributed by atoms with van der Waals surface area (Å²) in [7, 11) is 0. The van der Waals surface area contributed by atoms with Gasteiger partial charge < -0.3 is 10.1 Å². The molecule has 0 radical (unpaired) electrons. The summed E-state index contributed by atoms with van der Waals surface area (Å²) in [5, 5.41) is 11.5. The molecule has 3 N–H and O–H groups in total. The van der Waals surface area contributed by atoms with Crippen molar-refractivity contribution in [1.29, 1.82) is 0 Å². The molecule has 128 valence electrons. The zero-order valence-electron chi connectivity index (χ0n) is 13.7. The van der Waals surface area contributed by atoms with Crippen LogP contribution in [0.1, 0.15) is 34.5 Å². The molecule has 1 aliphatic heterocycles. The van der Waals surface area contributed by atoms with Crippen LogP contribution >= 0.6 is 0 Å². The van der Waals surface area contributed by atoms with Crippen LogP contribution in [0.5, 0.6) is 5.75 Å². The Morgan fingerprint density at radius 2 is 1.80 bits per heavy atom. The van der Waals surface area contributed by atoms with Crippen molar-refractivity contribution in [2.24, 2.45) is 0 Å². The fourth-order valence-corrected chi connectivity index (χ4v) is 2.61. The van der Waals surface area contributed by atoms with Crippen LogP contribution in [-0.2, 0) is 4.79 Å². The molecule has 1 atom stereocenters. The summed E-state index contributed by atoms with van der Waals surface area (Å²) < 4.78 is 5.60. The van der Waals surface area contributed by atoms with Gasteiger partial charge in [-0.2, -0.15) is 0 Å². The number of hydrogen-bond donors (Lipinski definition) is 3. The van der Waals surface area contributed by atoms with E-state index in [0.29, 0.717) is 11.1 Å². The molecule has 2 aromatic carbocycles. The molecule has 0 bridgehead atoms. The minimum atomic E-state index is -0.577. The quantitative estimate of drug-likeness (QED) is 0.590. The number of amides is 2. The van der Waals surface area contributed by atoms with Crippen molar-refractivity contribution in [3.63, 3.8) is 0 Å². The van der Waals surface area contributed by atoms with Crippen LogP contribution in [0.25, 0.3) is 6.08 Å². The van der Waals surface area contributed by atoms with Gasteiger partial charge in [-0.1, -0.05) is 30.3 Å². The molecule has 6 heteroatoms. The van der Waals surface area contributed by atoms with Crippen molar-refractivity contribution in [2.45, 2.75) is 13.0 Å². The predicted molar refractivity (Wildman–Crippen MR) is 92.2 cm³/mol. The SMILES string of the molecule is CC(NC(=O)C1=Cc2ccccc2OC1)c1ccc(C(=O)NO)cc1. The normalized spacial score (nSPS) is 13.8. The molecule has 3 rings (SSSR count). The number of carbonyl (C=O) groups excluding carboxylic acids is 2. The molecular formula is C19H18N2O4. The summed E-state index contributed by atoms with van der Waals surface area (Å²) in [4.78, 5) is 23.8. The molecule has 25 heavy (non-hydrogen) atoms. The Morgan fingerprint density at radius 1 is 1.08 bits per heavy atom. The van der Waals surface area contributed by atoms with Gasteiger partial charge in [0.25, 0.3) is 11.8 Å². The van der Waals surface area contributed by atoms with Crippen molar-refractivity contribution in [3.05, 3.63) is 70.8 Å².